The number of thioether (sulfide) groups is 1. The first kappa shape index (κ1) is 13.5. The Kier molecular flexibility index (Phi) is 5.24. The van der Waals surface area contributed by atoms with E-state index in [0.29, 0.717) is 13.0 Å². The molecular weight excluding hydrogens is 244 g/mol. The second-order valence-corrected chi connectivity index (χ2v) is 5.80. The van der Waals surface area contributed by atoms with Crippen LogP contribution in [0.1, 0.15) is 20.3 Å². The van der Waals surface area contributed by atoms with E-state index in [0.717, 1.165) is 10.1 Å². The van der Waals surface area contributed by atoms with Crippen LogP contribution in [0.15, 0.2) is 15.9 Å². The summed E-state index contributed by atoms with van der Waals surface area (Å²) in [7, 11) is 0. The fraction of sp³-hybridized carbons (Fsp3) is 0.600. The van der Waals surface area contributed by atoms with Gasteiger partial charge in [0, 0.05) is 17.3 Å². The quantitative estimate of drug-likeness (QED) is 0.735. The minimum Gasteiger partial charge on any atom is -0.480 e. The zero-order valence-corrected chi connectivity index (χ0v) is 11.0. The first-order valence-corrected chi connectivity index (χ1v) is 6.95. The molecule has 0 saturated carbocycles. The molecule has 0 saturated heterocycles. The Balaban J connectivity index is 2.41. The summed E-state index contributed by atoms with van der Waals surface area (Å²) in [5.41, 5.74) is -0.834. The van der Waals surface area contributed by atoms with Gasteiger partial charge in [-0.05, 0) is 19.9 Å². The zero-order valence-electron chi connectivity index (χ0n) is 9.40. The molecule has 2 N–H and O–H groups in total. The summed E-state index contributed by atoms with van der Waals surface area (Å²) in [5, 5.41) is 14.1. The molecule has 4 nitrogen and oxygen atoms in total. The number of carbonyl (C=O) groups is 1. The minimum absolute atomic E-state index is 0.584. The van der Waals surface area contributed by atoms with Crippen molar-refractivity contribution in [2.75, 3.05) is 12.3 Å². The molecule has 0 radical (unpaired) electrons. The van der Waals surface area contributed by atoms with Gasteiger partial charge in [-0.15, -0.1) is 11.3 Å². The lowest BCUT2D eigenvalue weighted by Gasteiger charge is -2.25. The topological polar surface area (TPSA) is 62.2 Å². The maximum atomic E-state index is 11.1. The van der Waals surface area contributed by atoms with Crippen molar-refractivity contribution in [3.8, 4) is 0 Å². The van der Waals surface area contributed by atoms with Crippen molar-refractivity contribution < 1.29 is 9.90 Å². The first-order valence-electron chi connectivity index (χ1n) is 5.09. The summed E-state index contributed by atoms with van der Waals surface area (Å²) in [6, 6.07) is 0. The van der Waals surface area contributed by atoms with Crippen molar-refractivity contribution in [1.82, 2.24) is 10.3 Å². The largest absolute Gasteiger partial charge is 0.480 e. The molecule has 1 heterocycles. The van der Waals surface area contributed by atoms with Crippen LogP contribution in [0.3, 0.4) is 0 Å². The molecule has 1 aromatic rings. The van der Waals surface area contributed by atoms with Crippen molar-refractivity contribution in [3.63, 3.8) is 0 Å². The van der Waals surface area contributed by atoms with Gasteiger partial charge in [-0.2, -0.15) is 0 Å². The highest BCUT2D eigenvalue weighted by molar-refractivity contribution is 8.00. The van der Waals surface area contributed by atoms with Crippen LogP contribution in [0.4, 0.5) is 0 Å². The third-order valence-corrected chi connectivity index (χ3v) is 4.24. The minimum atomic E-state index is -0.834. The van der Waals surface area contributed by atoms with Gasteiger partial charge in [0.25, 0.3) is 0 Å². The lowest BCUT2D eigenvalue weighted by Crippen LogP contribution is -2.49. The fourth-order valence-electron chi connectivity index (χ4n) is 1.29. The third kappa shape index (κ3) is 3.77. The number of aromatic nitrogens is 1. The van der Waals surface area contributed by atoms with Gasteiger partial charge >= 0.3 is 5.97 Å². The van der Waals surface area contributed by atoms with E-state index in [9.17, 15) is 4.79 Å². The molecule has 90 valence electrons. The smallest absolute Gasteiger partial charge is 0.323 e. The highest BCUT2D eigenvalue weighted by Gasteiger charge is 2.31. The average Bonchev–Trinajstić information content (AvgIpc) is 2.70. The Morgan fingerprint density at radius 2 is 2.50 bits per heavy atom. The number of thiazole rings is 1. The number of likely N-dealkylation sites (N-methyl/N-ethyl adjacent to an activating group) is 1. The summed E-state index contributed by atoms with van der Waals surface area (Å²) < 4.78 is 0.990. The predicted octanol–water partition coefficient (Wildman–Crippen LogP) is 2.08. The standard InChI is InChI=1S/C10H16N2O2S2/c1-3-12-10(2,8(13)14)4-6-15-9-11-5-7-16-9/h5,7,12H,3-4,6H2,1-2H3,(H,13,14). The second-order valence-electron chi connectivity index (χ2n) is 3.56. The van der Waals surface area contributed by atoms with Gasteiger partial charge in [-0.25, -0.2) is 4.98 Å². The molecule has 0 bridgehead atoms. The van der Waals surface area contributed by atoms with E-state index in [1.165, 1.54) is 0 Å². The van der Waals surface area contributed by atoms with Gasteiger partial charge < -0.3 is 10.4 Å². The predicted molar refractivity (Wildman–Crippen MR) is 67.2 cm³/mol. The molecule has 0 aliphatic heterocycles. The molecular formula is C10H16N2O2S2. The van der Waals surface area contributed by atoms with Gasteiger partial charge in [0.05, 0.1) is 0 Å². The van der Waals surface area contributed by atoms with E-state index >= 15 is 0 Å². The highest BCUT2D eigenvalue weighted by atomic mass is 32.2. The number of hydrogen-bond donors (Lipinski definition) is 2. The summed E-state index contributed by atoms with van der Waals surface area (Å²) in [6.45, 7) is 4.29. The van der Waals surface area contributed by atoms with Gasteiger partial charge in [0.2, 0.25) is 0 Å². The Morgan fingerprint density at radius 3 is 3.00 bits per heavy atom. The van der Waals surface area contributed by atoms with E-state index < -0.39 is 11.5 Å². The number of rotatable bonds is 7. The number of carboxylic acids is 1. The Hall–Kier alpha value is -0.590. The first-order chi connectivity index (χ1) is 7.58. The van der Waals surface area contributed by atoms with E-state index in [4.69, 9.17) is 5.11 Å². The number of aliphatic carboxylic acids is 1. The van der Waals surface area contributed by atoms with Gasteiger partial charge in [0.1, 0.15) is 9.88 Å². The molecule has 0 aliphatic carbocycles. The van der Waals surface area contributed by atoms with E-state index in [1.54, 1.807) is 36.2 Å². The maximum absolute atomic E-state index is 11.1. The van der Waals surface area contributed by atoms with E-state index in [-0.39, 0.29) is 0 Å². The zero-order chi connectivity index (χ0) is 12.0. The van der Waals surface area contributed by atoms with Crippen LogP contribution >= 0.6 is 23.1 Å². The van der Waals surface area contributed by atoms with E-state index in [2.05, 4.69) is 10.3 Å². The number of nitrogens with zero attached hydrogens (tertiary/aromatic N) is 1. The number of carboxylic acid groups (broad SMARTS) is 1. The normalized spacial score (nSPS) is 14.6. The van der Waals surface area contributed by atoms with Crippen LogP contribution in [0.25, 0.3) is 0 Å². The third-order valence-electron chi connectivity index (χ3n) is 2.28. The molecule has 1 atom stereocenters. The van der Waals surface area contributed by atoms with Crippen LogP contribution in [0, 0.1) is 0 Å². The lowest BCUT2D eigenvalue weighted by atomic mass is 9.99. The Labute approximate surface area is 103 Å². The molecule has 1 rings (SSSR count). The fourth-order valence-corrected chi connectivity index (χ4v) is 3.15. The Bertz CT molecular complexity index is 330. The van der Waals surface area contributed by atoms with Gasteiger partial charge in [0.15, 0.2) is 0 Å². The monoisotopic (exact) mass is 260 g/mol. The van der Waals surface area contributed by atoms with E-state index in [1.807, 2.05) is 12.3 Å². The highest BCUT2D eigenvalue weighted by Crippen LogP contribution is 2.23. The van der Waals surface area contributed by atoms with Crippen molar-refractivity contribution in [2.45, 2.75) is 30.1 Å². The second kappa shape index (κ2) is 6.22. The van der Waals surface area contributed by atoms with Crippen LogP contribution in [0.5, 0.6) is 0 Å². The summed E-state index contributed by atoms with van der Waals surface area (Å²) in [6.07, 6.45) is 2.34. The molecule has 0 amide bonds. The molecule has 16 heavy (non-hydrogen) atoms. The van der Waals surface area contributed by atoms with Crippen molar-refractivity contribution in [2.24, 2.45) is 0 Å². The van der Waals surface area contributed by atoms with Crippen LogP contribution in [-0.4, -0.2) is 33.9 Å². The summed E-state index contributed by atoms with van der Waals surface area (Å²) in [4.78, 5) is 15.3. The van der Waals surface area contributed by atoms with Crippen LogP contribution in [0.2, 0.25) is 0 Å². The molecule has 1 unspecified atom stereocenters. The van der Waals surface area contributed by atoms with Gasteiger partial charge in [-0.3, -0.25) is 4.79 Å². The lowest BCUT2D eigenvalue weighted by molar-refractivity contribution is -0.144. The molecule has 1 aromatic heterocycles. The SMILES string of the molecule is CCNC(C)(CCSc1nccs1)C(=O)O. The molecule has 0 aliphatic rings. The molecule has 0 spiro atoms. The number of hydrogen-bond acceptors (Lipinski definition) is 5. The molecule has 6 heteroatoms. The average molecular weight is 260 g/mol. The molecule has 0 aromatic carbocycles. The summed E-state index contributed by atoms with van der Waals surface area (Å²) >= 11 is 3.18. The Morgan fingerprint density at radius 1 is 1.75 bits per heavy atom. The van der Waals surface area contributed by atoms with Gasteiger partial charge in [-0.1, -0.05) is 18.7 Å². The maximum Gasteiger partial charge on any atom is 0.323 e. The van der Waals surface area contributed by atoms with Crippen LogP contribution < -0.4 is 5.32 Å². The van der Waals surface area contributed by atoms with Crippen molar-refractivity contribution in [1.29, 1.82) is 0 Å². The van der Waals surface area contributed by atoms with Crippen LogP contribution in [-0.2, 0) is 4.79 Å². The van der Waals surface area contributed by atoms with Crippen molar-refractivity contribution >= 4 is 29.1 Å². The molecule has 0 fully saturated rings. The van der Waals surface area contributed by atoms with Crippen molar-refractivity contribution in [3.05, 3.63) is 11.6 Å². The summed E-state index contributed by atoms with van der Waals surface area (Å²) in [5.74, 6) is -0.0439. The number of nitrogens with one attached hydrogen (secondary N) is 1.